The fraction of sp³-hybridized carbons (Fsp3) is 0.261. The molecule has 0 bridgehead atoms. The molecule has 32 heavy (non-hydrogen) atoms. The SMILES string of the molecule is NC(=O)CNC(=O)c1ccc(CNC(=O)c2nc(OCC3CC3)c3ccccc3n2)cc1. The third kappa shape index (κ3) is 5.37. The van der Waals surface area contributed by atoms with Gasteiger partial charge in [-0.1, -0.05) is 24.3 Å². The summed E-state index contributed by atoms with van der Waals surface area (Å²) in [5.41, 5.74) is 6.84. The number of nitrogens with two attached hydrogens (primary N) is 1. The van der Waals surface area contributed by atoms with Gasteiger partial charge in [-0.2, -0.15) is 4.98 Å². The lowest BCUT2D eigenvalue weighted by atomic mass is 10.1. The van der Waals surface area contributed by atoms with Crippen LogP contribution in [0.2, 0.25) is 0 Å². The molecule has 0 spiro atoms. The second-order valence-electron chi connectivity index (χ2n) is 7.65. The van der Waals surface area contributed by atoms with E-state index < -0.39 is 17.7 Å². The Labute approximate surface area is 184 Å². The molecule has 9 heteroatoms. The number of hydrogen-bond donors (Lipinski definition) is 3. The monoisotopic (exact) mass is 433 g/mol. The lowest BCUT2D eigenvalue weighted by Crippen LogP contribution is -2.33. The molecule has 1 aromatic heterocycles. The van der Waals surface area contributed by atoms with Gasteiger partial charge in [-0.15, -0.1) is 0 Å². The van der Waals surface area contributed by atoms with Crippen molar-refractivity contribution in [1.82, 2.24) is 20.6 Å². The predicted molar refractivity (Wildman–Crippen MR) is 117 cm³/mol. The Morgan fingerprint density at radius 3 is 2.44 bits per heavy atom. The van der Waals surface area contributed by atoms with Crippen LogP contribution in [0.25, 0.3) is 10.9 Å². The molecule has 1 aliphatic rings. The van der Waals surface area contributed by atoms with Crippen molar-refractivity contribution >= 4 is 28.6 Å². The summed E-state index contributed by atoms with van der Waals surface area (Å²) < 4.78 is 5.87. The minimum Gasteiger partial charge on any atom is -0.477 e. The molecule has 0 atom stereocenters. The number of rotatable bonds is 9. The number of nitrogens with zero attached hydrogens (tertiary/aromatic N) is 2. The molecule has 1 heterocycles. The van der Waals surface area contributed by atoms with E-state index in [2.05, 4.69) is 20.6 Å². The third-order valence-corrected chi connectivity index (χ3v) is 5.02. The summed E-state index contributed by atoms with van der Waals surface area (Å²) in [5.74, 6) is -0.426. The van der Waals surface area contributed by atoms with Crippen LogP contribution in [0.1, 0.15) is 39.4 Å². The van der Waals surface area contributed by atoms with E-state index in [0.717, 1.165) is 23.8 Å². The third-order valence-electron chi connectivity index (χ3n) is 5.02. The number of carbonyl (C=O) groups is 3. The number of primary amides is 1. The Morgan fingerprint density at radius 1 is 0.969 bits per heavy atom. The molecular weight excluding hydrogens is 410 g/mol. The molecule has 1 saturated carbocycles. The maximum atomic E-state index is 12.7. The van der Waals surface area contributed by atoms with Crippen LogP contribution < -0.4 is 21.1 Å². The largest absolute Gasteiger partial charge is 0.477 e. The number of carbonyl (C=O) groups excluding carboxylic acids is 3. The van der Waals surface area contributed by atoms with Crippen molar-refractivity contribution in [3.63, 3.8) is 0 Å². The summed E-state index contributed by atoms with van der Waals surface area (Å²) in [6.07, 6.45) is 2.31. The zero-order chi connectivity index (χ0) is 22.5. The minimum atomic E-state index is -0.616. The second kappa shape index (κ2) is 9.42. The maximum Gasteiger partial charge on any atom is 0.289 e. The molecule has 3 amide bonds. The van der Waals surface area contributed by atoms with E-state index in [-0.39, 0.29) is 18.9 Å². The molecule has 0 aliphatic heterocycles. The van der Waals surface area contributed by atoms with Gasteiger partial charge < -0.3 is 21.1 Å². The molecule has 0 unspecified atom stereocenters. The van der Waals surface area contributed by atoms with Crippen LogP contribution in [-0.4, -0.2) is 40.8 Å². The van der Waals surface area contributed by atoms with Crippen LogP contribution in [-0.2, 0) is 11.3 Å². The van der Waals surface area contributed by atoms with Gasteiger partial charge in [-0.05, 0) is 48.6 Å². The van der Waals surface area contributed by atoms with Crippen LogP contribution in [0.4, 0.5) is 0 Å². The first-order valence-corrected chi connectivity index (χ1v) is 10.3. The number of ether oxygens (including phenoxy) is 1. The fourth-order valence-electron chi connectivity index (χ4n) is 3.05. The van der Waals surface area contributed by atoms with E-state index >= 15 is 0 Å². The molecular formula is C23H23N5O4. The average Bonchev–Trinajstić information content (AvgIpc) is 3.64. The lowest BCUT2D eigenvalue weighted by molar-refractivity contribution is -0.117. The molecule has 164 valence electrons. The summed E-state index contributed by atoms with van der Waals surface area (Å²) in [7, 11) is 0. The number of nitrogens with one attached hydrogen (secondary N) is 2. The highest BCUT2D eigenvalue weighted by atomic mass is 16.5. The van der Waals surface area contributed by atoms with Crippen LogP contribution in [0.3, 0.4) is 0 Å². The van der Waals surface area contributed by atoms with Crippen molar-refractivity contribution in [1.29, 1.82) is 0 Å². The average molecular weight is 433 g/mol. The maximum absolute atomic E-state index is 12.7. The lowest BCUT2D eigenvalue weighted by Gasteiger charge is -2.10. The second-order valence-corrected chi connectivity index (χ2v) is 7.65. The van der Waals surface area contributed by atoms with E-state index in [4.69, 9.17) is 10.5 Å². The number of para-hydroxylation sites is 1. The molecule has 2 aromatic carbocycles. The van der Waals surface area contributed by atoms with E-state index in [0.29, 0.717) is 29.5 Å². The van der Waals surface area contributed by atoms with Crippen molar-refractivity contribution in [2.45, 2.75) is 19.4 Å². The Bertz CT molecular complexity index is 1160. The van der Waals surface area contributed by atoms with E-state index in [1.165, 1.54) is 0 Å². The first-order valence-electron chi connectivity index (χ1n) is 10.3. The Balaban J connectivity index is 1.41. The van der Waals surface area contributed by atoms with Crippen molar-refractivity contribution in [3.8, 4) is 5.88 Å². The number of amides is 3. The summed E-state index contributed by atoms with van der Waals surface area (Å²) in [6.45, 7) is 0.590. The highest BCUT2D eigenvalue weighted by Crippen LogP contribution is 2.30. The molecule has 0 saturated heterocycles. The highest BCUT2D eigenvalue weighted by molar-refractivity contribution is 5.96. The summed E-state index contributed by atoms with van der Waals surface area (Å²) >= 11 is 0. The quantitative estimate of drug-likeness (QED) is 0.469. The Kier molecular flexibility index (Phi) is 6.25. The molecule has 9 nitrogen and oxygen atoms in total. The molecule has 3 aromatic rings. The van der Waals surface area contributed by atoms with Crippen LogP contribution in [0.15, 0.2) is 48.5 Å². The topological polar surface area (TPSA) is 136 Å². The number of fused-ring (bicyclic) bond motifs is 1. The van der Waals surface area contributed by atoms with Gasteiger partial charge >= 0.3 is 0 Å². The zero-order valence-corrected chi connectivity index (χ0v) is 17.3. The zero-order valence-electron chi connectivity index (χ0n) is 17.3. The number of benzene rings is 2. The number of aromatic nitrogens is 2. The van der Waals surface area contributed by atoms with E-state index in [1.54, 1.807) is 24.3 Å². The first kappa shape index (κ1) is 21.2. The summed E-state index contributed by atoms with van der Waals surface area (Å²) in [6, 6.07) is 14.1. The molecule has 4 rings (SSSR count). The van der Waals surface area contributed by atoms with E-state index in [1.807, 2.05) is 24.3 Å². The van der Waals surface area contributed by atoms with Gasteiger partial charge in [0.15, 0.2) is 0 Å². The van der Waals surface area contributed by atoms with Crippen molar-refractivity contribution in [2.75, 3.05) is 13.2 Å². The standard InChI is InChI=1S/C23H23N5O4/c24-19(29)12-26-21(30)16-9-7-14(8-10-16)11-25-22(31)20-27-18-4-2-1-3-17(18)23(28-20)32-13-15-5-6-15/h1-4,7-10,15H,5-6,11-13H2,(H2,24,29)(H,25,31)(H,26,30). The van der Waals surface area contributed by atoms with Crippen LogP contribution >= 0.6 is 0 Å². The fourth-order valence-corrected chi connectivity index (χ4v) is 3.05. The molecule has 1 fully saturated rings. The Morgan fingerprint density at radius 2 is 1.72 bits per heavy atom. The predicted octanol–water partition coefficient (Wildman–Crippen LogP) is 1.56. The van der Waals surface area contributed by atoms with Gasteiger partial charge in [0, 0.05) is 12.1 Å². The Hall–Kier alpha value is -4.01. The van der Waals surface area contributed by atoms with Gasteiger partial charge in [0.25, 0.3) is 11.8 Å². The highest BCUT2D eigenvalue weighted by Gasteiger charge is 2.23. The first-order chi connectivity index (χ1) is 15.5. The minimum absolute atomic E-state index is 0.0388. The van der Waals surface area contributed by atoms with Gasteiger partial charge in [0.1, 0.15) is 0 Å². The normalized spacial score (nSPS) is 12.9. The van der Waals surface area contributed by atoms with E-state index in [9.17, 15) is 14.4 Å². The summed E-state index contributed by atoms with van der Waals surface area (Å²) in [5, 5.41) is 5.98. The van der Waals surface area contributed by atoms with Crippen molar-refractivity contribution < 1.29 is 19.1 Å². The molecule has 1 aliphatic carbocycles. The van der Waals surface area contributed by atoms with Crippen molar-refractivity contribution in [2.24, 2.45) is 11.7 Å². The molecule has 0 radical (unpaired) electrons. The van der Waals surface area contributed by atoms with Gasteiger partial charge in [-0.25, -0.2) is 4.98 Å². The smallest absolute Gasteiger partial charge is 0.289 e. The van der Waals surface area contributed by atoms with Gasteiger partial charge in [-0.3, -0.25) is 14.4 Å². The van der Waals surface area contributed by atoms with Gasteiger partial charge in [0.2, 0.25) is 17.6 Å². The number of hydrogen-bond acceptors (Lipinski definition) is 6. The van der Waals surface area contributed by atoms with Crippen LogP contribution in [0, 0.1) is 5.92 Å². The van der Waals surface area contributed by atoms with Crippen molar-refractivity contribution in [3.05, 3.63) is 65.5 Å². The van der Waals surface area contributed by atoms with Gasteiger partial charge in [0.05, 0.1) is 24.1 Å². The summed E-state index contributed by atoms with van der Waals surface area (Å²) in [4.78, 5) is 44.1. The van der Waals surface area contributed by atoms with Crippen LogP contribution in [0.5, 0.6) is 5.88 Å². The molecule has 4 N–H and O–H groups in total.